The Morgan fingerprint density at radius 1 is 1.26 bits per heavy atom. The van der Waals surface area contributed by atoms with Crippen LogP contribution in [-0.2, 0) is 0 Å². The van der Waals surface area contributed by atoms with Gasteiger partial charge in [0.15, 0.2) is 0 Å². The molecule has 2 aromatic carbocycles. The SMILES string of the molecule is CCC(CNC(=O)c1ccc(Cl)cc1[N+](=O)[O-])c1ccccc1. The number of benzene rings is 2. The zero-order valence-electron chi connectivity index (χ0n) is 12.7. The van der Waals surface area contributed by atoms with Gasteiger partial charge in [-0.25, -0.2) is 0 Å². The summed E-state index contributed by atoms with van der Waals surface area (Å²) in [5, 5.41) is 14.1. The summed E-state index contributed by atoms with van der Waals surface area (Å²) in [4.78, 5) is 22.7. The molecule has 0 aliphatic carbocycles. The Morgan fingerprint density at radius 3 is 2.57 bits per heavy atom. The number of nitrogens with zero attached hydrogens (tertiary/aromatic N) is 1. The summed E-state index contributed by atoms with van der Waals surface area (Å²) in [5.74, 6) is -0.311. The Bertz CT molecular complexity index is 704. The van der Waals surface area contributed by atoms with Crippen LogP contribution in [0.5, 0.6) is 0 Å². The summed E-state index contributed by atoms with van der Waals surface area (Å²) in [6, 6.07) is 13.9. The van der Waals surface area contributed by atoms with Crippen molar-refractivity contribution in [2.24, 2.45) is 0 Å². The number of nitro groups is 1. The van der Waals surface area contributed by atoms with Crippen LogP contribution in [0.2, 0.25) is 5.02 Å². The second-order valence-corrected chi connectivity index (χ2v) is 5.58. The van der Waals surface area contributed by atoms with Crippen LogP contribution in [0.15, 0.2) is 48.5 Å². The maximum atomic E-state index is 12.3. The van der Waals surface area contributed by atoms with Gasteiger partial charge < -0.3 is 5.32 Å². The number of nitrogens with one attached hydrogen (secondary N) is 1. The largest absolute Gasteiger partial charge is 0.351 e. The molecule has 0 radical (unpaired) electrons. The topological polar surface area (TPSA) is 72.2 Å². The van der Waals surface area contributed by atoms with Gasteiger partial charge in [-0.1, -0.05) is 48.9 Å². The Kier molecular flexibility index (Phi) is 5.71. The molecule has 0 spiro atoms. The molecule has 2 rings (SSSR count). The zero-order valence-corrected chi connectivity index (χ0v) is 13.4. The van der Waals surface area contributed by atoms with Crippen molar-refractivity contribution in [3.05, 3.63) is 74.8 Å². The Balaban J connectivity index is 2.12. The average Bonchev–Trinajstić information content (AvgIpc) is 2.56. The van der Waals surface area contributed by atoms with E-state index in [4.69, 9.17) is 11.6 Å². The summed E-state index contributed by atoms with van der Waals surface area (Å²) >= 11 is 5.76. The fourth-order valence-electron chi connectivity index (χ4n) is 2.38. The number of halogens is 1. The van der Waals surface area contributed by atoms with Gasteiger partial charge in [0, 0.05) is 23.6 Å². The first-order valence-corrected chi connectivity index (χ1v) is 7.67. The summed E-state index contributed by atoms with van der Waals surface area (Å²) in [6.07, 6.45) is 0.854. The lowest BCUT2D eigenvalue weighted by atomic mass is 9.96. The lowest BCUT2D eigenvalue weighted by molar-refractivity contribution is -0.385. The molecule has 0 aliphatic heterocycles. The number of rotatable bonds is 6. The third-order valence-corrected chi connectivity index (χ3v) is 3.91. The van der Waals surface area contributed by atoms with Crippen molar-refractivity contribution >= 4 is 23.2 Å². The minimum absolute atomic E-state index is 0.0160. The molecule has 0 saturated carbocycles. The number of amides is 1. The predicted octanol–water partition coefficient (Wildman–Crippen LogP) is 4.17. The van der Waals surface area contributed by atoms with Gasteiger partial charge in [-0.2, -0.15) is 0 Å². The third kappa shape index (κ3) is 4.29. The minimum Gasteiger partial charge on any atom is -0.351 e. The van der Waals surface area contributed by atoms with Crippen LogP contribution >= 0.6 is 11.6 Å². The quantitative estimate of drug-likeness (QED) is 0.637. The molecule has 23 heavy (non-hydrogen) atoms. The van der Waals surface area contributed by atoms with E-state index in [1.54, 1.807) is 0 Å². The average molecular weight is 333 g/mol. The highest BCUT2D eigenvalue weighted by atomic mass is 35.5. The molecular formula is C17H17ClN2O3. The van der Waals surface area contributed by atoms with E-state index in [1.807, 2.05) is 37.3 Å². The first-order valence-electron chi connectivity index (χ1n) is 7.30. The molecule has 0 saturated heterocycles. The predicted molar refractivity (Wildman–Crippen MR) is 89.9 cm³/mol. The second kappa shape index (κ2) is 7.74. The van der Waals surface area contributed by atoms with E-state index in [0.717, 1.165) is 12.0 Å². The van der Waals surface area contributed by atoms with Crippen LogP contribution in [0.1, 0.15) is 35.2 Å². The summed E-state index contributed by atoms with van der Waals surface area (Å²) in [5.41, 5.74) is 0.853. The highest BCUT2D eigenvalue weighted by molar-refractivity contribution is 6.31. The Morgan fingerprint density at radius 2 is 1.96 bits per heavy atom. The van der Waals surface area contributed by atoms with Crippen LogP contribution in [0.25, 0.3) is 0 Å². The van der Waals surface area contributed by atoms with Crippen LogP contribution in [-0.4, -0.2) is 17.4 Å². The van der Waals surface area contributed by atoms with Gasteiger partial charge in [0.25, 0.3) is 11.6 Å². The summed E-state index contributed by atoms with van der Waals surface area (Å²) in [6.45, 7) is 2.45. The lowest BCUT2D eigenvalue weighted by Crippen LogP contribution is -2.28. The molecule has 5 nitrogen and oxygen atoms in total. The van der Waals surface area contributed by atoms with Crippen molar-refractivity contribution in [2.45, 2.75) is 19.3 Å². The summed E-state index contributed by atoms with van der Waals surface area (Å²) in [7, 11) is 0. The van der Waals surface area contributed by atoms with Gasteiger partial charge in [-0.3, -0.25) is 14.9 Å². The number of carbonyl (C=O) groups excluding carboxylic acids is 1. The van der Waals surface area contributed by atoms with Gasteiger partial charge in [0.1, 0.15) is 5.56 Å². The fraction of sp³-hybridized carbons (Fsp3) is 0.235. The molecule has 120 valence electrons. The fourth-order valence-corrected chi connectivity index (χ4v) is 2.55. The van der Waals surface area contributed by atoms with Gasteiger partial charge in [-0.15, -0.1) is 0 Å². The van der Waals surface area contributed by atoms with E-state index >= 15 is 0 Å². The maximum Gasteiger partial charge on any atom is 0.283 e. The van der Waals surface area contributed by atoms with E-state index in [-0.39, 0.29) is 22.2 Å². The molecule has 1 atom stereocenters. The van der Waals surface area contributed by atoms with Gasteiger partial charge in [0.2, 0.25) is 0 Å². The standard InChI is InChI=1S/C17H17ClN2O3/c1-2-12(13-6-4-3-5-7-13)11-19-17(21)15-9-8-14(18)10-16(15)20(22)23/h3-10,12H,2,11H2,1H3,(H,19,21). The van der Waals surface area contributed by atoms with E-state index in [0.29, 0.717) is 6.54 Å². The van der Waals surface area contributed by atoms with Crippen molar-refractivity contribution in [2.75, 3.05) is 6.54 Å². The van der Waals surface area contributed by atoms with Gasteiger partial charge >= 0.3 is 0 Å². The highest BCUT2D eigenvalue weighted by Gasteiger charge is 2.21. The third-order valence-electron chi connectivity index (χ3n) is 3.67. The lowest BCUT2D eigenvalue weighted by Gasteiger charge is -2.16. The summed E-state index contributed by atoms with van der Waals surface area (Å²) < 4.78 is 0. The van der Waals surface area contributed by atoms with E-state index in [9.17, 15) is 14.9 Å². The molecule has 1 N–H and O–H groups in total. The molecule has 0 bridgehead atoms. The molecule has 2 aromatic rings. The van der Waals surface area contributed by atoms with Gasteiger partial charge in [-0.05, 0) is 24.1 Å². The zero-order chi connectivity index (χ0) is 16.8. The maximum absolute atomic E-state index is 12.3. The molecule has 0 aromatic heterocycles. The first-order chi connectivity index (χ1) is 11.0. The molecule has 0 aliphatic rings. The van der Waals surface area contributed by atoms with Crippen molar-refractivity contribution in [1.82, 2.24) is 5.32 Å². The van der Waals surface area contributed by atoms with E-state index < -0.39 is 10.8 Å². The highest BCUT2D eigenvalue weighted by Crippen LogP contribution is 2.24. The molecule has 1 unspecified atom stereocenters. The molecule has 0 heterocycles. The number of nitro benzene ring substituents is 1. The van der Waals surface area contributed by atoms with Crippen molar-refractivity contribution in [1.29, 1.82) is 0 Å². The van der Waals surface area contributed by atoms with E-state index in [2.05, 4.69) is 5.32 Å². The normalized spacial score (nSPS) is 11.7. The smallest absolute Gasteiger partial charge is 0.283 e. The molecule has 1 amide bonds. The molecular weight excluding hydrogens is 316 g/mol. The van der Waals surface area contributed by atoms with E-state index in [1.165, 1.54) is 18.2 Å². The Labute approximate surface area is 139 Å². The van der Waals surface area contributed by atoms with Crippen LogP contribution in [0.3, 0.4) is 0 Å². The molecule has 0 fully saturated rings. The molecule has 6 heteroatoms. The second-order valence-electron chi connectivity index (χ2n) is 5.14. The number of hydrogen-bond donors (Lipinski definition) is 1. The van der Waals surface area contributed by atoms with Crippen molar-refractivity contribution in [3.8, 4) is 0 Å². The first kappa shape index (κ1) is 17.0. The Hall–Kier alpha value is -2.40. The van der Waals surface area contributed by atoms with Gasteiger partial charge in [0.05, 0.1) is 4.92 Å². The number of carbonyl (C=O) groups is 1. The minimum atomic E-state index is -0.602. The number of hydrogen-bond acceptors (Lipinski definition) is 3. The monoisotopic (exact) mass is 332 g/mol. The van der Waals surface area contributed by atoms with Crippen LogP contribution < -0.4 is 5.32 Å². The van der Waals surface area contributed by atoms with Crippen molar-refractivity contribution < 1.29 is 9.72 Å². The van der Waals surface area contributed by atoms with Crippen LogP contribution in [0, 0.1) is 10.1 Å². The van der Waals surface area contributed by atoms with Crippen molar-refractivity contribution in [3.63, 3.8) is 0 Å². The van der Waals surface area contributed by atoms with Crippen LogP contribution in [0.4, 0.5) is 5.69 Å².